The van der Waals surface area contributed by atoms with Crippen LogP contribution in [0.25, 0.3) is 5.65 Å². The lowest BCUT2D eigenvalue weighted by Gasteiger charge is -2.18. The summed E-state index contributed by atoms with van der Waals surface area (Å²) in [4.78, 5) is 18.5. The van der Waals surface area contributed by atoms with Gasteiger partial charge in [0.15, 0.2) is 0 Å². The Bertz CT molecular complexity index is 622. The van der Waals surface area contributed by atoms with Crippen molar-refractivity contribution in [3.8, 4) is 0 Å². The summed E-state index contributed by atoms with van der Waals surface area (Å²) in [6, 6.07) is 5.34. The maximum absolute atomic E-state index is 12.0. The molecule has 2 aromatic rings. The molecule has 102 valence electrons. The van der Waals surface area contributed by atoms with E-state index in [9.17, 15) is 4.79 Å². The number of nitrogens with zero attached hydrogens (tertiary/aromatic N) is 3. The molecule has 0 atom stereocenters. The number of fused-ring (bicyclic) bond motifs is 1. The van der Waals surface area contributed by atoms with Gasteiger partial charge in [-0.2, -0.15) is 0 Å². The van der Waals surface area contributed by atoms with Crippen LogP contribution in [0.2, 0.25) is 0 Å². The van der Waals surface area contributed by atoms with Crippen LogP contribution in [0.4, 0.5) is 0 Å². The molecule has 0 bridgehead atoms. The summed E-state index contributed by atoms with van der Waals surface area (Å²) in [5.41, 5.74) is 2.42. The largest absolute Gasteiger partial charge is 0.395 e. The van der Waals surface area contributed by atoms with Crippen molar-refractivity contribution in [3.63, 3.8) is 0 Å². The SMILES string of the molecule is CCN(CCO)Cc1cc(=O)n2ccc(C)cc2n1. The van der Waals surface area contributed by atoms with Gasteiger partial charge in [0.1, 0.15) is 5.65 Å². The van der Waals surface area contributed by atoms with Gasteiger partial charge in [-0.05, 0) is 31.2 Å². The number of aliphatic hydroxyl groups excluding tert-OH is 1. The van der Waals surface area contributed by atoms with Crippen molar-refractivity contribution < 1.29 is 5.11 Å². The average molecular weight is 261 g/mol. The second kappa shape index (κ2) is 5.95. The van der Waals surface area contributed by atoms with Crippen LogP contribution in [0.5, 0.6) is 0 Å². The van der Waals surface area contributed by atoms with Crippen molar-refractivity contribution in [1.82, 2.24) is 14.3 Å². The minimum atomic E-state index is -0.0694. The fraction of sp³-hybridized carbons (Fsp3) is 0.429. The molecule has 0 saturated heterocycles. The van der Waals surface area contributed by atoms with Crippen molar-refractivity contribution in [1.29, 1.82) is 0 Å². The van der Waals surface area contributed by atoms with E-state index in [1.807, 2.05) is 30.9 Å². The van der Waals surface area contributed by atoms with Gasteiger partial charge in [0.25, 0.3) is 5.56 Å². The van der Waals surface area contributed by atoms with Crippen LogP contribution in [0.3, 0.4) is 0 Å². The molecule has 0 spiro atoms. The smallest absolute Gasteiger partial charge is 0.258 e. The Kier molecular flexibility index (Phi) is 4.29. The molecule has 0 aliphatic rings. The number of aliphatic hydroxyl groups is 1. The van der Waals surface area contributed by atoms with E-state index in [1.54, 1.807) is 16.7 Å². The summed E-state index contributed by atoms with van der Waals surface area (Å²) >= 11 is 0. The van der Waals surface area contributed by atoms with Crippen LogP contribution in [-0.4, -0.2) is 39.1 Å². The Morgan fingerprint density at radius 3 is 2.89 bits per heavy atom. The number of aromatic nitrogens is 2. The van der Waals surface area contributed by atoms with Crippen LogP contribution in [0.15, 0.2) is 29.2 Å². The third kappa shape index (κ3) is 3.19. The van der Waals surface area contributed by atoms with Gasteiger partial charge < -0.3 is 5.11 Å². The highest BCUT2D eigenvalue weighted by molar-refractivity contribution is 5.41. The first kappa shape index (κ1) is 13.7. The lowest BCUT2D eigenvalue weighted by atomic mass is 10.3. The summed E-state index contributed by atoms with van der Waals surface area (Å²) in [5.74, 6) is 0. The van der Waals surface area contributed by atoms with E-state index in [4.69, 9.17) is 5.11 Å². The monoisotopic (exact) mass is 261 g/mol. The molecule has 0 fully saturated rings. The lowest BCUT2D eigenvalue weighted by molar-refractivity contribution is 0.195. The van der Waals surface area contributed by atoms with E-state index in [0.717, 1.165) is 17.8 Å². The molecule has 0 radical (unpaired) electrons. The van der Waals surface area contributed by atoms with Crippen LogP contribution < -0.4 is 5.56 Å². The fourth-order valence-corrected chi connectivity index (χ4v) is 2.05. The molecule has 0 aliphatic heterocycles. The van der Waals surface area contributed by atoms with E-state index >= 15 is 0 Å². The second-order valence-electron chi connectivity index (χ2n) is 4.61. The van der Waals surface area contributed by atoms with Crippen molar-refractivity contribution in [3.05, 3.63) is 46.0 Å². The maximum Gasteiger partial charge on any atom is 0.258 e. The standard InChI is InChI=1S/C14H19N3O2/c1-3-16(6-7-18)10-12-9-14(19)17-5-4-11(2)8-13(17)15-12/h4-5,8-9,18H,3,6-7,10H2,1-2H3. The number of rotatable bonds is 5. The first-order valence-electron chi connectivity index (χ1n) is 6.46. The van der Waals surface area contributed by atoms with Crippen LogP contribution in [0.1, 0.15) is 18.2 Å². The molecule has 19 heavy (non-hydrogen) atoms. The maximum atomic E-state index is 12.0. The molecule has 2 heterocycles. The van der Waals surface area contributed by atoms with Crippen LogP contribution >= 0.6 is 0 Å². The molecule has 2 aromatic heterocycles. The number of hydrogen-bond acceptors (Lipinski definition) is 4. The van der Waals surface area contributed by atoms with Crippen molar-refractivity contribution >= 4 is 5.65 Å². The quantitative estimate of drug-likeness (QED) is 0.865. The van der Waals surface area contributed by atoms with Gasteiger partial charge in [0.2, 0.25) is 0 Å². The molecule has 1 N–H and O–H groups in total. The first-order valence-corrected chi connectivity index (χ1v) is 6.46. The Morgan fingerprint density at radius 1 is 1.42 bits per heavy atom. The minimum Gasteiger partial charge on any atom is -0.395 e. The predicted molar refractivity (Wildman–Crippen MR) is 74.2 cm³/mol. The number of aryl methyl sites for hydroxylation is 1. The summed E-state index contributed by atoms with van der Waals surface area (Å²) in [5, 5.41) is 8.98. The molecule has 0 aromatic carbocycles. The Hall–Kier alpha value is -1.72. The molecule has 0 amide bonds. The molecular weight excluding hydrogens is 242 g/mol. The average Bonchev–Trinajstić information content (AvgIpc) is 2.37. The number of likely N-dealkylation sites (N-methyl/N-ethyl adjacent to an activating group) is 1. The topological polar surface area (TPSA) is 57.8 Å². The summed E-state index contributed by atoms with van der Waals surface area (Å²) in [6.45, 7) is 6.09. The predicted octanol–water partition coefficient (Wildman–Crippen LogP) is 0.817. The van der Waals surface area contributed by atoms with Gasteiger partial charge in [-0.15, -0.1) is 0 Å². The van der Waals surface area contributed by atoms with Gasteiger partial charge in [0, 0.05) is 25.4 Å². The van der Waals surface area contributed by atoms with E-state index in [-0.39, 0.29) is 12.2 Å². The van der Waals surface area contributed by atoms with Gasteiger partial charge in [-0.3, -0.25) is 14.1 Å². The number of hydrogen-bond donors (Lipinski definition) is 1. The highest BCUT2D eigenvalue weighted by atomic mass is 16.3. The first-order chi connectivity index (χ1) is 9.13. The molecular formula is C14H19N3O2. The van der Waals surface area contributed by atoms with E-state index in [1.165, 1.54) is 0 Å². The Labute approximate surface area is 112 Å². The molecule has 2 rings (SSSR count). The van der Waals surface area contributed by atoms with E-state index in [0.29, 0.717) is 18.7 Å². The molecule has 0 saturated carbocycles. The zero-order chi connectivity index (χ0) is 13.8. The normalized spacial score (nSPS) is 11.4. The van der Waals surface area contributed by atoms with E-state index < -0.39 is 0 Å². The Balaban J connectivity index is 2.36. The summed E-state index contributed by atoms with van der Waals surface area (Å²) in [6.07, 6.45) is 1.75. The van der Waals surface area contributed by atoms with Crippen molar-refractivity contribution in [2.75, 3.05) is 19.7 Å². The van der Waals surface area contributed by atoms with Crippen LogP contribution in [0, 0.1) is 6.92 Å². The fourth-order valence-electron chi connectivity index (χ4n) is 2.05. The third-order valence-corrected chi connectivity index (χ3v) is 3.12. The highest BCUT2D eigenvalue weighted by Gasteiger charge is 2.07. The lowest BCUT2D eigenvalue weighted by Crippen LogP contribution is -2.28. The van der Waals surface area contributed by atoms with Gasteiger partial charge in [-0.25, -0.2) is 4.98 Å². The van der Waals surface area contributed by atoms with Crippen LogP contribution in [-0.2, 0) is 6.54 Å². The van der Waals surface area contributed by atoms with Gasteiger partial charge in [0.05, 0.1) is 12.3 Å². The summed E-state index contributed by atoms with van der Waals surface area (Å²) < 4.78 is 1.54. The number of pyridine rings is 1. The van der Waals surface area contributed by atoms with Crippen molar-refractivity contribution in [2.24, 2.45) is 0 Å². The highest BCUT2D eigenvalue weighted by Crippen LogP contribution is 2.05. The van der Waals surface area contributed by atoms with Crippen molar-refractivity contribution in [2.45, 2.75) is 20.4 Å². The molecule has 0 aliphatic carbocycles. The zero-order valence-corrected chi connectivity index (χ0v) is 11.3. The summed E-state index contributed by atoms with van der Waals surface area (Å²) in [7, 11) is 0. The van der Waals surface area contributed by atoms with Gasteiger partial charge >= 0.3 is 0 Å². The van der Waals surface area contributed by atoms with Gasteiger partial charge in [-0.1, -0.05) is 6.92 Å². The Morgan fingerprint density at radius 2 is 2.21 bits per heavy atom. The zero-order valence-electron chi connectivity index (χ0n) is 11.3. The second-order valence-corrected chi connectivity index (χ2v) is 4.61. The molecule has 0 unspecified atom stereocenters. The molecule has 5 heteroatoms. The molecule has 5 nitrogen and oxygen atoms in total. The van der Waals surface area contributed by atoms with E-state index in [2.05, 4.69) is 4.98 Å². The minimum absolute atomic E-state index is 0.0694. The third-order valence-electron chi connectivity index (χ3n) is 3.12.